The first kappa shape index (κ1) is 13.5. The standard InChI is InChI=1S/C14H12N2O4/c17-13-7-3-11(4-8-13)15-14(18)9-10-1-5-12(6-2-10)16(19)20/h1-8,17H,9H2,(H,15,18). The third kappa shape index (κ3) is 3.55. The Balaban J connectivity index is 1.97. The number of benzene rings is 2. The lowest BCUT2D eigenvalue weighted by molar-refractivity contribution is -0.384. The number of carbonyl (C=O) groups is 1. The monoisotopic (exact) mass is 272 g/mol. The lowest BCUT2D eigenvalue weighted by Crippen LogP contribution is -2.14. The lowest BCUT2D eigenvalue weighted by atomic mass is 10.1. The number of non-ortho nitro benzene ring substituents is 1. The van der Waals surface area contributed by atoms with E-state index in [1.54, 1.807) is 24.3 Å². The van der Waals surface area contributed by atoms with Crippen molar-refractivity contribution >= 4 is 17.3 Å². The van der Waals surface area contributed by atoms with E-state index in [9.17, 15) is 14.9 Å². The van der Waals surface area contributed by atoms with Gasteiger partial charge in [-0.2, -0.15) is 0 Å². The van der Waals surface area contributed by atoms with Crippen LogP contribution >= 0.6 is 0 Å². The summed E-state index contributed by atoms with van der Waals surface area (Å²) in [5.74, 6) is -0.108. The summed E-state index contributed by atoms with van der Waals surface area (Å²) in [5.41, 5.74) is 1.26. The number of nitro benzene ring substituents is 1. The fraction of sp³-hybridized carbons (Fsp3) is 0.0714. The molecule has 6 nitrogen and oxygen atoms in total. The van der Waals surface area contributed by atoms with E-state index in [4.69, 9.17) is 5.11 Å². The van der Waals surface area contributed by atoms with Crippen molar-refractivity contribution in [2.45, 2.75) is 6.42 Å². The number of hydrogen-bond donors (Lipinski definition) is 2. The highest BCUT2D eigenvalue weighted by atomic mass is 16.6. The molecule has 1 amide bonds. The van der Waals surface area contributed by atoms with Gasteiger partial charge in [-0.05, 0) is 29.8 Å². The molecular weight excluding hydrogens is 260 g/mol. The van der Waals surface area contributed by atoms with E-state index in [2.05, 4.69) is 5.32 Å². The SMILES string of the molecule is O=C(Cc1ccc([N+](=O)[O-])cc1)Nc1ccc(O)cc1. The van der Waals surface area contributed by atoms with Crippen LogP contribution in [0.2, 0.25) is 0 Å². The molecule has 0 aliphatic carbocycles. The Bertz CT molecular complexity index is 621. The van der Waals surface area contributed by atoms with Gasteiger partial charge in [-0.1, -0.05) is 12.1 Å². The average Bonchev–Trinajstić information content (AvgIpc) is 2.42. The molecule has 0 aliphatic heterocycles. The van der Waals surface area contributed by atoms with Gasteiger partial charge in [0.25, 0.3) is 5.69 Å². The number of nitrogens with one attached hydrogen (secondary N) is 1. The summed E-state index contributed by atoms with van der Waals surface area (Å²) >= 11 is 0. The largest absolute Gasteiger partial charge is 0.508 e. The lowest BCUT2D eigenvalue weighted by Gasteiger charge is -2.05. The molecule has 2 rings (SSSR count). The van der Waals surface area contributed by atoms with E-state index in [1.165, 1.54) is 24.3 Å². The van der Waals surface area contributed by atoms with E-state index in [-0.39, 0.29) is 23.8 Å². The van der Waals surface area contributed by atoms with Crippen LogP contribution in [0.25, 0.3) is 0 Å². The predicted octanol–water partition coefficient (Wildman–Crippen LogP) is 2.48. The van der Waals surface area contributed by atoms with Crippen molar-refractivity contribution in [2.24, 2.45) is 0 Å². The summed E-state index contributed by atoms with van der Waals surface area (Å²) in [6, 6.07) is 11.9. The maximum absolute atomic E-state index is 11.8. The Kier molecular flexibility index (Phi) is 3.95. The summed E-state index contributed by atoms with van der Waals surface area (Å²) in [6.07, 6.45) is 0.124. The minimum Gasteiger partial charge on any atom is -0.508 e. The highest BCUT2D eigenvalue weighted by Gasteiger charge is 2.07. The van der Waals surface area contributed by atoms with E-state index in [1.807, 2.05) is 0 Å². The third-order valence-corrected chi connectivity index (χ3v) is 2.66. The second-order valence-corrected chi connectivity index (χ2v) is 4.20. The molecule has 2 aromatic rings. The van der Waals surface area contributed by atoms with Gasteiger partial charge < -0.3 is 10.4 Å². The van der Waals surface area contributed by atoms with Crippen molar-refractivity contribution in [3.63, 3.8) is 0 Å². The number of aromatic hydroxyl groups is 1. The molecule has 6 heteroatoms. The quantitative estimate of drug-likeness (QED) is 0.508. The Labute approximate surface area is 114 Å². The van der Waals surface area contributed by atoms with Crippen LogP contribution in [0.3, 0.4) is 0 Å². The number of rotatable bonds is 4. The molecule has 0 heterocycles. The van der Waals surface area contributed by atoms with E-state index < -0.39 is 4.92 Å². The summed E-state index contributed by atoms with van der Waals surface area (Å²) in [5, 5.41) is 22.3. The molecule has 0 saturated carbocycles. The zero-order valence-corrected chi connectivity index (χ0v) is 10.4. The molecule has 0 aliphatic rings. The smallest absolute Gasteiger partial charge is 0.269 e. The van der Waals surface area contributed by atoms with E-state index in [0.717, 1.165) is 0 Å². The fourth-order valence-electron chi connectivity index (χ4n) is 1.67. The number of phenolic OH excluding ortho intramolecular Hbond substituents is 1. The first-order valence-electron chi connectivity index (χ1n) is 5.87. The van der Waals surface area contributed by atoms with Gasteiger partial charge in [-0.15, -0.1) is 0 Å². The number of nitro groups is 1. The molecule has 2 aromatic carbocycles. The molecule has 102 valence electrons. The van der Waals surface area contributed by atoms with Crippen LogP contribution in [0.5, 0.6) is 5.75 Å². The number of carbonyl (C=O) groups excluding carboxylic acids is 1. The Hall–Kier alpha value is -2.89. The molecule has 0 bridgehead atoms. The maximum atomic E-state index is 11.8. The number of amides is 1. The molecule has 0 aromatic heterocycles. The Morgan fingerprint density at radius 3 is 2.25 bits per heavy atom. The van der Waals surface area contributed by atoms with Crippen molar-refractivity contribution in [3.05, 3.63) is 64.2 Å². The van der Waals surface area contributed by atoms with Crippen LogP contribution < -0.4 is 5.32 Å². The van der Waals surface area contributed by atoms with Gasteiger partial charge >= 0.3 is 0 Å². The van der Waals surface area contributed by atoms with Gasteiger partial charge in [0.05, 0.1) is 11.3 Å². The van der Waals surface area contributed by atoms with Crippen LogP contribution in [-0.4, -0.2) is 15.9 Å². The highest BCUT2D eigenvalue weighted by molar-refractivity contribution is 5.92. The summed E-state index contributed by atoms with van der Waals surface area (Å²) in [6.45, 7) is 0. The Morgan fingerprint density at radius 2 is 1.70 bits per heavy atom. The minimum atomic E-state index is -0.486. The van der Waals surface area contributed by atoms with Crippen LogP contribution in [-0.2, 0) is 11.2 Å². The molecular formula is C14H12N2O4. The molecule has 0 atom stereocenters. The van der Waals surface area contributed by atoms with Gasteiger partial charge in [-0.3, -0.25) is 14.9 Å². The summed E-state index contributed by atoms with van der Waals surface area (Å²) < 4.78 is 0. The average molecular weight is 272 g/mol. The Morgan fingerprint density at radius 1 is 1.10 bits per heavy atom. The number of phenols is 1. The van der Waals surface area contributed by atoms with Gasteiger partial charge in [-0.25, -0.2) is 0 Å². The molecule has 0 fully saturated rings. The first-order chi connectivity index (χ1) is 9.54. The molecule has 0 unspecified atom stereocenters. The molecule has 0 spiro atoms. The second kappa shape index (κ2) is 5.83. The molecule has 2 N–H and O–H groups in total. The number of nitrogens with zero attached hydrogens (tertiary/aromatic N) is 1. The van der Waals surface area contributed by atoms with Crippen molar-refractivity contribution in [2.75, 3.05) is 5.32 Å². The van der Waals surface area contributed by atoms with Gasteiger partial charge in [0, 0.05) is 17.8 Å². The van der Waals surface area contributed by atoms with Crippen molar-refractivity contribution < 1.29 is 14.8 Å². The van der Waals surface area contributed by atoms with Crippen molar-refractivity contribution in [1.29, 1.82) is 0 Å². The second-order valence-electron chi connectivity index (χ2n) is 4.20. The maximum Gasteiger partial charge on any atom is 0.269 e. The topological polar surface area (TPSA) is 92.5 Å². The van der Waals surface area contributed by atoms with Gasteiger partial charge in [0.2, 0.25) is 5.91 Å². The van der Waals surface area contributed by atoms with Crippen LogP contribution in [0, 0.1) is 10.1 Å². The summed E-state index contributed by atoms with van der Waals surface area (Å²) in [7, 11) is 0. The zero-order valence-electron chi connectivity index (χ0n) is 10.4. The normalized spacial score (nSPS) is 10.0. The molecule has 20 heavy (non-hydrogen) atoms. The predicted molar refractivity (Wildman–Crippen MR) is 73.5 cm³/mol. The number of hydrogen-bond acceptors (Lipinski definition) is 4. The van der Waals surface area contributed by atoms with Crippen LogP contribution in [0.4, 0.5) is 11.4 Å². The van der Waals surface area contributed by atoms with E-state index in [0.29, 0.717) is 11.3 Å². The zero-order chi connectivity index (χ0) is 14.5. The number of anilines is 1. The van der Waals surface area contributed by atoms with Gasteiger partial charge in [0.15, 0.2) is 0 Å². The molecule has 0 radical (unpaired) electrons. The third-order valence-electron chi connectivity index (χ3n) is 2.66. The highest BCUT2D eigenvalue weighted by Crippen LogP contribution is 2.15. The first-order valence-corrected chi connectivity index (χ1v) is 5.87. The fourth-order valence-corrected chi connectivity index (χ4v) is 1.67. The van der Waals surface area contributed by atoms with Crippen molar-refractivity contribution in [1.82, 2.24) is 0 Å². The van der Waals surface area contributed by atoms with Crippen LogP contribution in [0.1, 0.15) is 5.56 Å². The summed E-state index contributed by atoms with van der Waals surface area (Å²) in [4.78, 5) is 21.8. The minimum absolute atomic E-state index is 0.00677. The molecule has 0 saturated heterocycles. The van der Waals surface area contributed by atoms with Crippen LogP contribution in [0.15, 0.2) is 48.5 Å². The van der Waals surface area contributed by atoms with E-state index >= 15 is 0 Å². The van der Waals surface area contributed by atoms with Crippen molar-refractivity contribution in [3.8, 4) is 5.75 Å². The van der Waals surface area contributed by atoms with Gasteiger partial charge in [0.1, 0.15) is 5.75 Å².